The van der Waals surface area contributed by atoms with E-state index in [1.807, 2.05) is 55.1 Å². The fourth-order valence-corrected chi connectivity index (χ4v) is 3.32. The molecule has 3 heterocycles. The van der Waals surface area contributed by atoms with Crippen molar-refractivity contribution in [3.63, 3.8) is 0 Å². The van der Waals surface area contributed by atoms with Crippen LogP contribution in [0.15, 0.2) is 78.4 Å². The van der Waals surface area contributed by atoms with E-state index in [2.05, 4.69) is 39.1 Å². The number of carbonyl (C=O) groups is 1. The molecule has 0 radical (unpaired) electrons. The monoisotopic (exact) mass is 343 g/mol. The Morgan fingerprint density at radius 2 is 1.42 bits per heavy atom. The maximum atomic E-state index is 13.0. The molecular formula is C22H21N3O. The lowest BCUT2D eigenvalue weighted by molar-refractivity contribution is -0.113. The minimum Gasteiger partial charge on any atom is -0.367 e. The number of benzene rings is 1. The van der Waals surface area contributed by atoms with Crippen LogP contribution in [0.3, 0.4) is 0 Å². The Labute approximate surface area is 152 Å². The topological polar surface area (TPSA) is 51.9 Å². The number of ketones is 1. The second-order valence-electron chi connectivity index (χ2n) is 6.59. The van der Waals surface area contributed by atoms with E-state index in [-0.39, 0.29) is 5.78 Å². The highest BCUT2D eigenvalue weighted by Gasteiger charge is 2.26. The number of likely N-dealkylation sites (tertiary alicyclic amines) is 1. The molecule has 4 rings (SSSR count). The summed E-state index contributed by atoms with van der Waals surface area (Å²) in [5.74, 6) is 0.136. The molecule has 1 aliphatic rings. The third-order valence-corrected chi connectivity index (χ3v) is 4.55. The first kappa shape index (κ1) is 16.4. The maximum absolute atomic E-state index is 13.0. The Bertz CT molecular complexity index is 863. The number of nitrogens with zero attached hydrogens (tertiary/aromatic N) is 1. The van der Waals surface area contributed by atoms with Crippen LogP contribution in [0, 0.1) is 0 Å². The van der Waals surface area contributed by atoms with Crippen LogP contribution in [0.1, 0.15) is 16.7 Å². The number of hydrogen-bond donors (Lipinski definition) is 2. The van der Waals surface area contributed by atoms with Crippen LogP contribution in [0.2, 0.25) is 0 Å². The number of rotatable bonds is 4. The summed E-state index contributed by atoms with van der Waals surface area (Å²) >= 11 is 0. The Kier molecular flexibility index (Phi) is 4.67. The highest BCUT2D eigenvalue weighted by molar-refractivity contribution is 6.14. The van der Waals surface area contributed by atoms with Gasteiger partial charge in [-0.1, -0.05) is 30.3 Å². The standard InChI is InChI=1S/C22H21N3O/c26-22-20(10-18-6-8-23-12-18)15-25(14-17-4-2-1-3-5-17)16-21(22)11-19-7-9-24-13-19/h1-13,23-24H,14-16H2/b20-10-,21-11+. The van der Waals surface area contributed by atoms with Gasteiger partial charge in [-0.25, -0.2) is 0 Å². The van der Waals surface area contributed by atoms with Gasteiger partial charge in [0, 0.05) is 55.6 Å². The zero-order chi connectivity index (χ0) is 17.8. The molecule has 4 nitrogen and oxygen atoms in total. The number of piperidine rings is 1. The van der Waals surface area contributed by atoms with E-state index >= 15 is 0 Å². The van der Waals surface area contributed by atoms with Crippen molar-refractivity contribution in [2.75, 3.05) is 13.1 Å². The van der Waals surface area contributed by atoms with Crippen molar-refractivity contribution in [2.45, 2.75) is 6.54 Å². The van der Waals surface area contributed by atoms with Gasteiger partial charge in [-0.2, -0.15) is 0 Å². The van der Waals surface area contributed by atoms with Crippen LogP contribution < -0.4 is 0 Å². The van der Waals surface area contributed by atoms with Crippen molar-refractivity contribution in [3.05, 3.63) is 95.1 Å². The number of Topliss-reactive ketones (excluding diaryl/α,β-unsaturated/α-hetero) is 1. The predicted octanol–water partition coefficient (Wildman–Crippen LogP) is 3.89. The van der Waals surface area contributed by atoms with Gasteiger partial charge in [0.15, 0.2) is 5.78 Å². The van der Waals surface area contributed by atoms with Crippen LogP contribution in [-0.4, -0.2) is 33.7 Å². The van der Waals surface area contributed by atoms with Gasteiger partial charge in [-0.3, -0.25) is 9.69 Å². The lowest BCUT2D eigenvalue weighted by Crippen LogP contribution is -2.37. The van der Waals surface area contributed by atoms with Crippen LogP contribution in [0.25, 0.3) is 12.2 Å². The highest BCUT2D eigenvalue weighted by atomic mass is 16.1. The van der Waals surface area contributed by atoms with Crippen molar-refractivity contribution in [3.8, 4) is 0 Å². The molecule has 4 heteroatoms. The second kappa shape index (κ2) is 7.42. The smallest absolute Gasteiger partial charge is 0.187 e. The van der Waals surface area contributed by atoms with E-state index in [1.54, 1.807) is 0 Å². The zero-order valence-electron chi connectivity index (χ0n) is 14.5. The molecule has 26 heavy (non-hydrogen) atoms. The quantitative estimate of drug-likeness (QED) is 0.706. The third-order valence-electron chi connectivity index (χ3n) is 4.55. The number of aromatic amines is 2. The predicted molar refractivity (Wildman–Crippen MR) is 104 cm³/mol. The Morgan fingerprint density at radius 1 is 0.846 bits per heavy atom. The Morgan fingerprint density at radius 3 is 1.92 bits per heavy atom. The Balaban J connectivity index is 1.64. The number of hydrogen-bond acceptors (Lipinski definition) is 2. The van der Waals surface area contributed by atoms with Gasteiger partial charge in [0.05, 0.1) is 0 Å². The van der Waals surface area contributed by atoms with E-state index in [1.165, 1.54) is 5.56 Å². The van der Waals surface area contributed by atoms with Crippen molar-refractivity contribution in [1.29, 1.82) is 0 Å². The molecule has 130 valence electrons. The molecule has 2 N–H and O–H groups in total. The van der Waals surface area contributed by atoms with E-state index in [9.17, 15) is 4.79 Å². The second-order valence-corrected chi connectivity index (χ2v) is 6.59. The maximum Gasteiger partial charge on any atom is 0.187 e. The third kappa shape index (κ3) is 3.76. The average molecular weight is 343 g/mol. The van der Waals surface area contributed by atoms with Crippen molar-refractivity contribution in [2.24, 2.45) is 0 Å². The molecule has 0 saturated carbocycles. The van der Waals surface area contributed by atoms with Crippen molar-refractivity contribution >= 4 is 17.9 Å². The van der Waals surface area contributed by atoms with Crippen LogP contribution >= 0.6 is 0 Å². The normalized spacial score (nSPS) is 18.7. The fraction of sp³-hybridized carbons (Fsp3) is 0.136. The summed E-state index contributed by atoms with van der Waals surface area (Å²) in [6.45, 7) is 2.13. The molecular weight excluding hydrogens is 322 g/mol. The molecule has 0 atom stereocenters. The lowest BCUT2D eigenvalue weighted by atomic mass is 9.94. The number of H-pyrrole nitrogens is 2. The first-order valence-corrected chi connectivity index (χ1v) is 8.75. The summed E-state index contributed by atoms with van der Waals surface area (Å²) < 4.78 is 0. The van der Waals surface area contributed by atoms with Crippen LogP contribution in [0.4, 0.5) is 0 Å². The van der Waals surface area contributed by atoms with E-state index in [0.29, 0.717) is 13.1 Å². The molecule has 2 aromatic heterocycles. The minimum atomic E-state index is 0.136. The number of nitrogens with one attached hydrogen (secondary N) is 2. The molecule has 1 saturated heterocycles. The van der Waals surface area contributed by atoms with Crippen molar-refractivity contribution in [1.82, 2.24) is 14.9 Å². The molecule has 1 aromatic carbocycles. The number of aromatic nitrogens is 2. The number of carbonyl (C=O) groups excluding carboxylic acids is 1. The van der Waals surface area contributed by atoms with E-state index in [4.69, 9.17) is 0 Å². The van der Waals surface area contributed by atoms with Crippen LogP contribution in [0.5, 0.6) is 0 Å². The summed E-state index contributed by atoms with van der Waals surface area (Å²) in [5, 5.41) is 0. The van der Waals surface area contributed by atoms with Gasteiger partial charge < -0.3 is 9.97 Å². The average Bonchev–Trinajstić information content (AvgIpc) is 3.34. The van der Waals surface area contributed by atoms with E-state index < -0.39 is 0 Å². The zero-order valence-corrected chi connectivity index (χ0v) is 14.5. The fourth-order valence-electron chi connectivity index (χ4n) is 3.32. The Hall–Kier alpha value is -3.11. The largest absolute Gasteiger partial charge is 0.367 e. The highest BCUT2D eigenvalue weighted by Crippen LogP contribution is 2.23. The van der Waals surface area contributed by atoms with Gasteiger partial charge in [0.25, 0.3) is 0 Å². The van der Waals surface area contributed by atoms with Crippen molar-refractivity contribution < 1.29 is 4.79 Å². The lowest BCUT2D eigenvalue weighted by Gasteiger charge is -2.29. The summed E-state index contributed by atoms with van der Waals surface area (Å²) in [6, 6.07) is 14.3. The molecule has 3 aromatic rings. The molecule has 0 amide bonds. The SMILES string of the molecule is O=C1/C(=C\c2cc[nH]c2)CN(Cc2ccccc2)C/C1=C\c1cc[nH]c1. The molecule has 0 spiro atoms. The molecule has 0 aliphatic carbocycles. The van der Waals surface area contributed by atoms with Gasteiger partial charge in [-0.05, 0) is 41.0 Å². The molecule has 1 fully saturated rings. The summed E-state index contributed by atoms with van der Waals surface area (Å²) in [6.07, 6.45) is 11.5. The van der Waals surface area contributed by atoms with Gasteiger partial charge in [0.1, 0.15) is 0 Å². The van der Waals surface area contributed by atoms with Gasteiger partial charge >= 0.3 is 0 Å². The first-order chi connectivity index (χ1) is 12.8. The minimum absolute atomic E-state index is 0.136. The first-order valence-electron chi connectivity index (χ1n) is 8.75. The summed E-state index contributed by atoms with van der Waals surface area (Å²) in [7, 11) is 0. The molecule has 1 aliphatic heterocycles. The molecule has 0 unspecified atom stereocenters. The summed E-state index contributed by atoms with van der Waals surface area (Å²) in [5.41, 5.74) is 4.96. The summed E-state index contributed by atoms with van der Waals surface area (Å²) in [4.78, 5) is 21.4. The van der Waals surface area contributed by atoms with E-state index in [0.717, 1.165) is 28.8 Å². The van der Waals surface area contributed by atoms with Gasteiger partial charge in [0.2, 0.25) is 0 Å². The van der Waals surface area contributed by atoms with Gasteiger partial charge in [-0.15, -0.1) is 0 Å². The molecule has 0 bridgehead atoms. The van der Waals surface area contributed by atoms with Crippen LogP contribution in [-0.2, 0) is 11.3 Å².